The summed E-state index contributed by atoms with van der Waals surface area (Å²) in [6.07, 6.45) is 1.05. The lowest BCUT2D eigenvalue weighted by atomic mass is 9.86. The Kier molecular flexibility index (Phi) is 4.47. The maximum Gasteiger partial charge on any atom is 0.327 e. The molecule has 124 valence electrons. The van der Waals surface area contributed by atoms with E-state index >= 15 is 0 Å². The molecule has 3 amide bonds. The second kappa shape index (κ2) is 5.87. The molecule has 7 heteroatoms. The smallest absolute Gasteiger partial charge is 0.327 e. The fourth-order valence-corrected chi connectivity index (χ4v) is 3.35. The number of nitrogens with one attached hydrogen (secondary N) is 1. The van der Waals surface area contributed by atoms with Crippen LogP contribution >= 0.6 is 0 Å². The quantitative estimate of drug-likeness (QED) is 0.753. The molecule has 0 aromatic rings. The number of carboxylic acid groups (broad SMARTS) is 1. The molecule has 2 fully saturated rings. The van der Waals surface area contributed by atoms with Crippen LogP contribution < -0.4 is 5.32 Å². The van der Waals surface area contributed by atoms with Crippen molar-refractivity contribution >= 4 is 17.9 Å². The lowest BCUT2D eigenvalue weighted by Gasteiger charge is -2.39. The molecule has 2 rings (SSSR count). The van der Waals surface area contributed by atoms with Gasteiger partial charge in [-0.25, -0.2) is 14.5 Å². The lowest BCUT2D eigenvalue weighted by molar-refractivity contribution is -0.150. The molecule has 2 aliphatic rings. The summed E-state index contributed by atoms with van der Waals surface area (Å²) in [5.74, 6) is -1.87. The largest absolute Gasteiger partial charge is 0.480 e. The van der Waals surface area contributed by atoms with Gasteiger partial charge in [0.15, 0.2) is 0 Å². The normalized spacial score (nSPS) is 23.5. The minimum Gasteiger partial charge on any atom is -0.480 e. The molecular weight excluding hydrogens is 286 g/mol. The number of carbonyl (C=O) groups is 3. The molecule has 0 bridgehead atoms. The Balaban J connectivity index is 2.21. The number of imide groups is 1. The molecule has 0 aliphatic carbocycles. The van der Waals surface area contributed by atoms with E-state index < -0.39 is 23.6 Å². The Bertz CT molecular complexity index is 481. The van der Waals surface area contributed by atoms with Gasteiger partial charge in [0.05, 0.1) is 0 Å². The minimum atomic E-state index is -1.14. The number of rotatable bonds is 4. The summed E-state index contributed by atoms with van der Waals surface area (Å²) < 4.78 is 0. The summed E-state index contributed by atoms with van der Waals surface area (Å²) in [4.78, 5) is 39.6. The molecule has 0 aromatic carbocycles. The molecule has 0 saturated carbocycles. The maximum atomic E-state index is 12.8. The van der Waals surface area contributed by atoms with Gasteiger partial charge in [0.25, 0.3) is 5.91 Å². The molecular formula is C15H25N3O4. The van der Waals surface area contributed by atoms with Crippen molar-refractivity contribution in [2.24, 2.45) is 5.92 Å². The number of aliphatic carboxylic acids is 1. The van der Waals surface area contributed by atoms with Crippen LogP contribution in [0.15, 0.2) is 0 Å². The number of carboxylic acids is 1. The molecule has 0 radical (unpaired) electrons. The first-order valence-electron chi connectivity index (χ1n) is 7.82. The number of nitrogens with zero attached hydrogens (tertiary/aromatic N) is 2. The van der Waals surface area contributed by atoms with Crippen LogP contribution in [0.3, 0.4) is 0 Å². The summed E-state index contributed by atoms with van der Waals surface area (Å²) in [7, 11) is 0. The number of likely N-dealkylation sites (tertiary alicyclic amines) is 1. The number of hydrogen-bond acceptors (Lipinski definition) is 4. The molecule has 1 atom stereocenters. The van der Waals surface area contributed by atoms with E-state index in [1.54, 1.807) is 13.8 Å². The molecule has 1 unspecified atom stereocenters. The van der Waals surface area contributed by atoms with Crippen LogP contribution in [-0.2, 0) is 9.59 Å². The van der Waals surface area contributed by atoms with Crippen LogP contribution in [0, 0.1) is 5.92 Å². The third-order valence-electron chi connectivity index (χ3n) is 4.74. The van der Waals surface area contributed by atoms with Gasteiger partial charge in [-0.05, 0) is 32.6 Å². The van der Waals surface area contributed by atoms with E-state index in [9.17, 15) is 19.5 Å². The predicted octanol–water partition coefficient (Wildman–Crippen LogP) is 0.890. The van der Waals surface area contributed by atoms with Gasteiger partial charge in [-0.2, -0.15) is 0 Å². The maximum absolute atomic E-state index is 12.8. The van der Waals surface area contributed by atoms with Gasteiger partial charge in [0.1, 0.15) is 11.6 Å². The summed E-state index contributed by atoms with van der Waals surface area (Å²) >= 11 is 0. The first-order chi connectivity index (χ1) is 10.2. The third-order valence-corrected chi connectivity index (χ3v) is 4.74. The average molecular weight is 311 g/mol. The van der Waals surface area contributed by atoms with Crippen molar-refractivity contribution in [3.05, 3.63) is 0 Å². The number of amides is 3. The Hall–Kier alpha value is -1.63. The van der Waals surface area contributed by atoms with Crippen molar-refractivity contribution in [1.29, 1.82) is 0 Å². The Morgan fingerprint density at radius 3 is 2.14 bits per heavy atom. The van der Waals surface area contributed by atoms with E-state index in [4.69, 9.17) is 0 Å². The second-order valence-electron chi connectivity index (χ2n) is 6.84. The second-order valence-corrected chi connectivity index (χ2v) is 6.84. The standard InChI is InChI=1S/C15H25N3O4/c1-9(2)11(12(19)20)18-13(21)15(16-14(18)22)5-7-17(8-6-15)10(3)4/h9-11H,5-8H2,1-4H3,(H,16,22)(H,19,20). The van der Waals surface area contributed by atoms with Crippen molar-refractivity contribution < 1.29 is 19.5 Å². The van der Waals surface area contributed by atoms with Crippen LogP contribution in [0.2, 0.25) is 0 Å². The fourth-order valence-electron chi connectivity index (χ4n) is 3.35. The van der Waals surface area contributed by atoms with E-state index in [0.717, 1.165) is 18.0 Å². The van der Waals surface area contributed by atoms with E-state index in [-0.39, 0.29) is 11.8 Å². The molecule has 2 heterocycles. The average Bonchev–Trinajstić information content (AvgIpc) is 2.63. The zero-order valence-electron chi connectivity index (χ0n) is 13.6. The van der Waals surface area contributed by atoms with E-state index in [1.807, 2.05) is 0 Å². The van der Waals surface area contributed by atoms with E-state index in [2.05, 4.69) is 24.1 Å². The predicted molar refractivity (Wildman–Crippen MR) is 80.3 cm³/mol. The van der Waals surface area contributed by atoms with Gasteiger partial charge in [0, 0.05) is 19.1 Å². The molecule has 7 nitrogen and oxygen atoms in total. The van der Waals surface area contributed by atoms with Crippen LogP contribution in [0.4, 0.5) is 4.79 Å². The molecule has 0 aromatic heterocycles. The third kappa shape index (κ3) is 2.69. The Labute approximate surface area is 130 Å². The van der Waals surface area contributed by atoms with Crippen molar-refractivity contribution in [1.82, 2.24) is 15.1 Å². The monoisotopic (exact) mass is 311 g/mol. The topological polar surface area (TPSA) is 89.9 Å². The van der Waals surface area contributed by atoms with E-state index in [1.165, 1.54) is 0 Å². The van der Waals surface area contributed by atoms with Crippen molar-refractivity contribution in [2.45, 2.75) is 58.2 Å². The number of carbonyl (C=O) groups excluding carboxylic acids is 2. The summed E-state index contributed by atoms with van der Waals surface area (Å²) in [6, 6.07) is -1.30. The van der Waals surface area contributed by atoms with Gasteiger partial charge in [-0.3, -0.25) is 4.79 Å². The van der Waals surface area contributed by atoms with Gasteiger partial charge < -0.3 is 15.3 Å². The molecule has 2 N–H and O–H groups in total. The first kappa shape index (κ1) is 16.7. The van der Waals surface area contributed by atoms with Crippen LogP contribution in [-0.4, -0.2) is 63.5 Å². The van der Waals surface area contributed by atoms with E-state index in [0.29, 0.717) is 18.9 Å². The Morgan fingerprint density at radius 1 is 1.18 bits per heavy atom. The highest BCUT2D eigenvalue weighted by atomic mass is 16.4. The van der Waals surface area contributed by atoms with Crippen molar-refractivity contribution in [2.75, 3.05) is 13.1 Å². The van der Waals surface area contributed by atoms with Crippen molar-refractivity contribution in [3.63, 3.8) is 0 Å². The van der Waals surface area contributed by atoms with Crippen LogP contribution in [0.25, 0.3) is 0 Å². The molecule has 2 aliphatic heterocycles. The number of hydrogen-bond donors (Lipinski definition) is 2. The van der Waals surface area contributed by atoms with Crippen LogP contribution in [0.5, 0.6) is 0 Å². The van der Waals surface area contributed by atoms with Gasteiger partial charge >= 0.3 is 12.0 Å². The molecule has 1 spiro atoms. The Morgan fingerprint density at radius 2 is 1.73 bits per heavy atom. The zero-order valence-corrected chi connectivity index (χ0v) is 13.6. The minimum absolute atomic E-state index is 0.335. The number of urea groups is 1. The van der Waals surface area contributed by atoms with Crippen LogP contribution in [0.1, 0.15) is 40.5 Å². The number of piperidine rings is 1. The van der Waals surface area contributed by atoms with Gasteiger partial charge in [-0.15, -0.1) is 0 Å². The zero-order chi connectivity index (χ0) is 16.7. The SMILES string of the molecule is CC(C)C(C(=O)O)N1C(=O)NC2(CCN(C(C)C)CC2)C1=O. The highest BCUT2D eigenvalue weighted by Gasteiger charge is 2.55. The summed E-state index contributed by atoms with van der Waals surface area (Å²) in [5, 5.41) is 12.1. The van der Waals surface area contributed by atoms with Crippen molar-refractivity contribution in [3.8, 4) is 0 Å². The summed E-state index contributed by atoms with van der Waals surface area (Å²) in [5.41, 5.74) is -0.926. The highest BCUT2D eigenvalue weighted by Crippen LogP contribution is 2.32. The first-order valence-corrected chi connectivity index (χ1v) is 7.82. The lowest BCUT2D eigenvalue weighted by Crippen LogP contribution is -2.56. The molecule has 2 saturated heterocycles. The van der Waals surface area contributed by atoms with Gasteiger partial charge in [0.2, 0.25) is 0 Å². The highest BCUT2D eigenvalue weighted by molar-refractivity contribution is 6.09. The molecule has 22 heavy (non-hydrogen) atoms. The summed E-state index contributed by atoms with van der Waals surface area (Å²) in [6.45, 7) is 9.03. The fraction of sp³-hybridized carbons (Fsp3) is 0.800. The van der Waals surface area contributed by atoms with Gasteiger partial charge in [-0.1, -0.05) is 13.8 Å².